The minimum absolute atomic E-state index is 0.166. The monoisotopic (exact) mass is 229 g/mol. The Labute approximate surface area is 97.2 Å². The number of amides is 3. The Morgan fingerprint density at radius 1 is 1.12 bits per heavy atom. The van der Waals surface area contributed by atoms with E-state index in [1.807, 2.05) is 27.7 Å². The van der Waals surface area contributed by atoms with Gasteiger partial charge in [0.1, 0.15) is 6.04 Å². The molecule has 1 unspecified atom stereocenters. The van der Waals surface area contributed by atoms with Crippen LogP contribution >= 0.6 is 0 Å². The van der Waals surface area contributed by atoms with Crippen LogP contribution in [-0.4, -0.2) is 24.5 Å². The molecule has 0 heterocycles. The van der Waals surface area contributed by atoms with E-state index in [9.17, 15) is 9.59 Å². The summed E-state index contributed by atoms with van der Waals surface area (Å²) in [5, 5.41) is 5.25. The molecule has 0 spiro atoms. The van der Waals surface area contributed by atoms with E-state index >= 15 is 0 Å². The average molecular weight is 229 g/mol. The summed E-state index contributed by atoms with van der Waals surface area (Å²) in [6, 6.07) is -1.19. The van der Waals surface area contributed by atoms with Crippen LogP contribution in [-0.2, 0) is 4.79 Å². The number of nitrogens with one attached hydrogen (secondary N) is 2. The predicted molar refractivity (Wildman–Crippen MR) is 63.8 cm³/mol. The topological polar surface area (TPSA) is 84.2 Å². The highest BCUT2D eigenvalue weighted by Crippen LogP contribution is 2.05. The zero-order valence-corrected chi connectivity index (χ0v) is 10.5. The maximum Gasteiger partial charge on any atom is 0.312 e. The molecule has 0 saturated carbocycles. The van der Waals surface area contributed by atoms with Crippen molar-refractivity contribution in [1.82, 2.24) is 10.6 Å². The molecule has 0 aliphatic carbocycles. The Morgan fingerprint density at radius 3 is 2.06 bits per heavy atom. The first kappa shape index (κ1) is 14.7. The highest BCUT2D eigenvalue weighted by molar-refractivity contribution is 5.86. The van der Waals surface area contributed by atoms with Crippen LogP contribution in [0.5, 0.6) is 0 Å². The second-order valence-electron chi connectivity index (χ2n) is 4.83. The largest absolute Gasteiger partial charge is 0.354 e. The fourth-order valence-corrected chi connectivity index (χ4v) is 1.30. The molecule has 0 aliphatic rings. The van der Waals surface area contributed by atoms with Gasteiger partial charge in [0.15, 0.2) is 0 Å². The summed E-state index contributed by atoms with van der Waals surface area (Å²) in [6.45, 7) is 8.61. The summed E-state index contributed by atoms with van der Waals surface area (Å²) in [5.41, 5.74) is 5.03. The van der Waals surface area contributed by atoms with Crippen LogP contribution in [0.2, 0.25) is 0 Å². The molecule has 0 rings (SSSR count). The van der Waals surface area contributed by atoms with Crippen molar-refractivity contribution in [3.63, 3.8) is 0 Å². The molecule has 0 radical (unpaired) electrons. The van der Waals surface area contributed by atoms with Gasteiger partial charge in [0.05, 0.1) is 0 Å². The van der Waals surface area contributed by atoms with E-state index in [4.69, 9.17) is 5.73 Å². The number of nitrogens with two attached hydrogens (primary N) is 1. The smallest absolute Gasteiger partial charge is 0.312 e. The fraction of sp³-hybridized carbons (Fsp3) is 0.818. The molecule has 5 heteroatoms. The van der Waals surface area contributed by atoms with Crippen LogP contribution in [0.3, 0.4) is 0 Å². The van der Waals surface area contributed by atoms with E-state index in [1.54, 1.807) is 0 Å². The number of carbonyl (C=O) groups is 2. The summed E-state index contributed by atoms with van der Waals surface area (Å²) < 4.78 is 0. The normalized spacial score (nSPS) is 12.6. The first-order valence-electron chi connectivity index (χ1n) is 5.66. The van der Waals surface area contributed by atoms with Crippen molar-refractivity contribution in [3.05, 3.63) is 0 Å². The Kier molecular flexibility index (Phi) is 6.53. The molecule has 94 valence electrons. The molecule has 0 fully saturated rings. The Balaban J connectivity index is 4.26. The third-order valence-corrected chi connectivity index (χ3v) is 2.02. The zero-order valence-electron chi connectivity index (χ0n) is 10.5. The fourth-order valence-electron chi connectivity index (χ4n) is 1.30. The van der Waals surface area contributed by atoms with E-state index in [1.165, 1.54) is 0 Å². The van der Waals surface area contributed by atoms with Crippen LogP contribution < -0.4 is 16.4 Å². The lowest BCUT2D eigenvalue weighted by atomic mass is 10.0. The number of primary amides is 1. The van der Waals surface area contributed by atoms with Crippen molar-refractivity contribution in [2.45, 2.75) is 40.2 Å². The van der Waals surface area contributed by atoms with Crippen molar-refractivity contribution in [2.75, 3.05) is 6.54 Å². The molecule has 0 aromatic rings. The SMILES string of the molecule is CC(C)CNC(=O)C(CC(C)C)NC(N)=O. The zero-order chi connectivity index (χ0) is 12.7. The minimum atomic E-state index is -0.662. The third kappa shape index (κ3) is 7.09. The Bertz CT molecular complexity index is 239. The van der Waals surface area contributed by atoms with Crippen molar-refractivity contribution in [1.29, 1.82) is 0 Å². The molecule has 0 aromatic carbocycles. The van der Waals surface area contributed by atoms with Crippen molar-refractivity contribution in [3.8, 4) is 0 Å². The lowest BCUT2D eigenvalue weighted by molar-refractivity contribution is -0.123. The first-order valence-corrected chi connectivity index (χ1v) is 5.66. The molecule has 5 nitrogen and oxygen atoms in total. The van der Waals surface area contributed by atoms with Crippen molar-refractivity contribution in [2.24, 2.45) is 17.6 Å². The van der Waals surface area contributed by atoms with Crippen LogP contribution in [0.15, 0.2) is 0 Å². The quantitative estimate of drug-likeness (QED) is 0.630. The molecule has 0 aromatic heterocycles. The van der Waals surface area contributed by atoms with E-state index in [2.05, 4.69) is 10.6 Å². The van der Waals surface area contributed by atoms with Crippen LogP contribution in [0.25, 0.3) is 0 Å². The van der Waals surface area contributed by atoms with Crippen molar-refractivity contribution >= 4 is 11.9 Å². The molecule has 0 aliphatic heterocycles. The number of hydrogen-bond acceptors (Lipinski definition) is 2. The predicted octanol–water partition coefficient (Wildman–Crippen LogP) is 0.842. The number of hydrogen-bond donors (Lipinski definition) is 3. The number of urea groups is 1. The molecular weight excluding hydrogens is 206 g/mol. The molecule has 0 bridgehead atoms. The molecule has 3 amide bonds. The molecule has 1 atom stereocenters. The standard InChI is InChI=1S/C11H23N3O2/c1-7(2)5-9(14-11(12)16)10(15)13-6-8(3)4/h7-9H,5-6H2,1-4H3,(H,13,15)(H3,12,14,16). The molecular formula is C11H23N3O2. The van der Waals surface area contributed by atoms with E-state index in [-0.39, 0.29) is 5.91 Å². The summed E-state index contributed by atoms with van der Waals surface area (Å²) in [4.78, 5) is 22.5. The van der Waals surface area contributed by atoms with Gasteiger partial charge in [-0.2, -0.15) is 0 Å². The van der Waals surface area contributed by atoms with Gasteiger partial charge in [-0.25, -0.2) is 4.79 Å². The second-order valence-corrected chi connectivity index (χ2v) is 4.83. The summed E-state index contributed by atoms with van der Waals surface area (Å²) in [5.74, 6) is 0.542. The summed E-state index contributed by atoms with van der Waals surface area (Å²) in [7, 11) is 0. The first-order chi connectivity index (χ1) is 7.32. The van der Waals surface area contributed by atoms with Gasteiger partial charge >= 0.3 is 6.03 Å². The van der Waals surface area contributed by atoms with Gasteiger partial charge < -0.3 is 16.4 Å². The molecule has 0 saturated heterocycles. The Hall–Kier alpha value is -1.26. The Morgan fingerprint density at radius 2 is 1.69 bits per heavy atom. The minimum Gasteiger partial charge on any atom is -0.354 e. The maximum atomic E-state index is 11.7. The third-order valence-electron chi connectivity index (χ3n) is 2.02. The van der Waals surface area contributed by atoms with Crippen LogP contribution in [0.4, 0.5) is 4.79 Å². The van der Waals surface area contributed by atoms with E-state index in [0.717, 1.165) is 0 Å². The van der Waals surface area contributed by atoms with Crippen molar-refractivity contribution < 1.29 is 9.59 Å². The lowest BCUT2D eigenvalue weighted by Crippen LogP contribution is -2.49. The average Bonchev–Trinajstić information content (AvgIpc) is 2.11. The van der Waals surface area contributed by atoms with E-state index in [0.29, 0.717) is 24.8 Å². The van der Waals surface area contributed by atoms with Gasteiger partial charge in [0, 0.05) is 6.54 Å². The summed E-state index contributed by atoms with van der Waals surface area (Å²) in [6.07, 6.45) is 0.590. The van der Waals surface area contributed by atoms with Gasteiger partial charge in [0.25, 0.3) is 0 Å². The maximum absolute atomic E-state index is 11.7. The van der Waals surface area contributed by atoms with Crippen LogP contribution in [0, 0.1) is 11.8 Å². The highest BCUT2D eigenvalue weighted by atomic mass is 16.2. The number of carbonyl (C=O) groups excluding carboxylic acids is 2. The van der Waals surface area contributed by atoms with Gasteiger partial charge in [-0.1, -0.05) is 27.7 Å². The van der Waals surface area contributed by atoms with E-state index < -0.39 is 12.1 Å². The summed E-state index contributed by atoms with van der Waals surface area (Å²) >= 11 is 0. The van der Waals surface area contributed by atoms with Gasteiger partial charge in [0.2, 0.25) is 5.91 Å². The molecule has 16 heavy (non-hydrogen) atoms. The second kappa shape index (κ2) is 7.09. The lowest BCUT2D eigenvalue weighted by Gasteiger charge is -2.19. The highest BCUT2D eigenvalue weighted by Gasteiger charge is 2.20. The van der Waals surface area contributed by atoms with Gasteiger partial charge in [-0.05, 0) is 18.3 Å². The molecule has 4 N–H and O–H groups in total. The number of rotatable bonds is 6. The van der Waals surface area contributed by atoms with Crippen LogP contribution in [0.1, 0.15) is 34.1 Å². The van der Waals surface area contributed by atoms with Gasteiger partial charge in [-0.3, -0.25) is 4.79 Å². The van der Waals surface area contributed by atoms with Gasteiger partial charge in [-0.15, -0.1) is 0 Å².